The fourth-order valence-corrected chi connectivity index (χ4v) is 2.28. The quantitative estimate of drug-likeness (QED) is 0.628. The topological polar surface area (TPSA) is 41.8 Å². The Hall–Kier alpha value is -1.28. The van der Waals surface area contributed by atoms with Crippen molar-refractivity contribution < 1.29 is 0 Å². The number of H-pyrrole nitrogens is 1. The second kappa shape index (κ2) is 2.36. The average molecular weight is 172 g/mol. The summed E-state index contributed by atoms with van der Waals surface area (Å²) in [4.78, 5) is 3.43. The maximum absolute atomic E-state index is 6.04. The molecular formula is C11H12N2. The molecular weight excluding hydrogens is 160 g/mol. The first-order valence-corrected chi connectivity index (χ1v) is 4.71. The number of nitrogens with one attached hydrogen (secondary N) is 1. The molecule has 1 aromatic heterocycles. The van der Waals surface area contributed by atoms with Crippen LogP contribution in [-0.4, -0.2) is 4.98 Å². The SMILES string of the molecule is NC1CCc2[nH]c3ccccc3c21. The van der Waals surface area contributed by atoms with Crippen LogP contribution in [-0.2, 0) is 6.42 Å². The Bertz CT molecular complexity index is 456. The average Bonchev–Trinajstić information content (AvgIpc) is 2.66. The number of hydrogen-bond donors (Lipinski definition) is 2. The molecule has 66 valence electrons. The summed E-state index contributed by atoms with van der Waals surface area (Å²) < 4.78 is 0. The molecule has 2 heteroatoms. The first kappa shape index (κ1) is 7.15. The largest absolute Gasteiger partial charge is 0.358 e. The predicted molar refractivity (Wildman–Crippen MR) is 53.5 cm³/mol. The Balaban J connectivity index is 2.40. The van der Waals surface area contributed by atoms with Crippen LogP contribution in [0.2, 0.25) is 0 Å². The summed E-state index contributed by atoms with van der Waals surface area (Å²) >= 11 is 0. The molecule has 2 aromatic rings. The zero-order chi connectivity index (χ0) is 8.84. The fourth-order valence-electron chi connectivity index (χ4n) is 2.28. The van der Waals surface area contributed by atoms with Crippen molar-refractivity contribution in [3.63, 3.8) is 0 Å². The monoisotopic (exact) mass is 172 g/mol. The molecule has 0 fully saturated rings. The number of benzene rings is 1. The molecule has 0 radical (unpaired) electrons. The predicted octanol–water partition coefficient (Wildman–Crippen LogP) is 2.11. The van der Waals surface area contributed by atoms with Gasteiger partial charge in [-0.3, -0.25) is 0 Å². The molecule has 1 aromatic carbocycles. The van der Waals surface area contributed by atoms with Crippen LogP contribution < -0.4 is 5.73 Å². The highest BCUT2D eigenvalue weighted by Gasteiger charge is 2.23. The molecule has 0 bridgehead atoms. The van der Waals surface area contributed by atoms with Gasteiger partial charge in [-0.15, -0.1) is 0 Å². The highest BCUT2D eigenvalue weighted by Crippen LogP contribution is 2.35. The van der Waals surface area contributed by atoms with E-state index >= 15 is 0 Å². The fraction of sp³-hybridized carbons (Fsp3) is 0.273. The van der Waals surface area contributed by atoms with Crippen molar-refractivity contribution in [1.82, 2.24) is 4.98 Å². The van der Waals surface area contributed by atoms with Crippen molar-refractivity contribution in [2.75, 3.05) is 0 Å². The number of nitrogens with two attached hydrogens (primary N) is 1. The van der Waals surface area contributed by atoms with Gasteiger partial charge in [0.25, 0.3) is 0 Å². The molecule has 0 saturated carbocycles. The number of hydrogen-bond acceptors (Lipinski definition) is 1. The highest BCUT2D eigenvalue weighted by atomic mass is 14.8. The van der Waals surface area contributed by atoms with Crippen molar-refractivity contribution in [2.24, 2.45) is 5.73 Å². The molecule has 1 atom stereocenters. The van der Waals surface area contributed by atoms with E-state index in [1.54, 1.807) is 0 Å². The van der Waals surface area contributed by atoms with Crippen molar-refractivity contribution >= 4 is 10.9 Å². The summed E-state index contributed by atoms with van der Waals surface area (Å²) in [5, 5.41) is 1.31. The van der Waals surface area contributed by atoms with E-state index < -0.39 is 0 Å². The van der Waals surface area contributed by atoms with Gasteiger partial charge in [0.1, 0.15) is 0 Å². The van der Waals surface area contributed by atoms with Gasteiger partial charge in [0, 0.05) is 22.6 Å². The van der Waals surface area contributed by atoms with Crippen molar-refractivity contribution in [3.05, 3.63) is 35.5 Å². The summed E-state index contributed by atoms with van der Waals surface area (Å²) in [6, 6.07) is 8.63. The third kappa shape index (κ3) is 0.864. The lowest BCUT2D eigenvalue weighted by Crippen LogP contribution is -2.04. The summed E-state index contributed by atoms with van der Waals surface area (Å²) in [7, 11) is 0. The first-order valence-electron chi connectivity index (χ1n) is 4.71. The van der Waals surface area contributed by atoms with Crippen LogP contribution in [0.15, 0.2) is 24.3 Å². The number of fused-ring (bicyclic) bond motifs is 3. The summed E-state index contributed by atoms with van der Waals surface area (Å²) in [6.07, 6.45) is 2.19. The van der Waals surface area contributed by atoms with E-state index in [9.17, 15) is 0 Å². The van der Waals surface area contributed by atoms with Crippen LogP contribution in [0.5, 0.6) is 0 Å². The van der Waals surface area contributed by atoms with Gasteiger partial charge in [-0.05, 0) is 24.5 Å². The Morgan fingerprint density at radius 3 is 3.08 bits per heavy atom. The Kier molecular flexibility index (Phi) is 1.30. The first-order chi connectivity index (χ1) is 6.36. The van der Waals surface area contributed by atoms with E-state index in [0.717, 1.165) is 12.8 Å². The lowest BCUT2D eigenvalue weighted by molar-refractivity contribution is 0.714. The Morgan fingerprint density at radius 2 is 2.15 bits per heavy atom. The number of para-hydroxylation sites is 1. The van der Waals surface area contributed by atoms with Gasteiger partial charge in [0.2, 0.25) is 0 Å². The third-order valence-corrected chi connectivity index (χ3v) is 2.90. The van der Waals surface area contributed by atoms with Crippen LogP contribution in [0.3, 0.4) is 0 Å². The van der Waals surface area contributed by atoms with Crippen LogP contribution in [0.25, 0.3) is 10.9 Å². The van der Waals surface area contributed by atoms with Gasteiger partial charge in [0.15, 0.2) is 0 Å². The van der Waals surface area contributed by atoms with E-state index in [0.29, 0.717) is 0 Å². The van der Waals surface area contributed by atoms with Crippen LogP contribution >= 0.6 is 0 Å². The summed E-state index contributed by atoms with van der Waals surface area (Å²) in [5.41, 5.74) is 9.95. The zero-order valence-electron chi connectivity index (χ0n) is 7.38. The number of aromatic amines is 1. The normalized spacial score (nSPS) is 20.8. The van der Waals surface area contributed by atoms with E-state index in [1.807, 2.05) is 0 Å². The lowest BCUT2D eigenvalue weighted by Gasteiger charge is -2.01. The molecule has 3 rings (SSSR count). The number of aromatic nitrogens is 1. The molecule has 0 aliphatic heterocycles. The molecule has 13 heavy (non-hydrogen) atoms. The molecule has 1 aliphatic rings. The van der Waals surface area contributed by atoms with Crippen LogP contribution in [0.1, 0.15) is 23.7 Å². The lowest BCUT2D eigenvalue weighted by atomic mass is 10.1. The maximum atomic E-state index is 6.04. The number of aryl methyl sites for hydroxylation is 1. The molecule has 0 amide bonds. The van der Waals surface area contributed by atoms with Crippen molar-refractivity contribution in [3.8, 4) is 0 Å². The van der Waals surface area contributed by atoms with E-state index in [1.165, 1.54) is 22.2 Å². The Morgan fingerprint density at radius 1 is 1.31 bits per heavy atom. The third-order valence-electron chi connectivity index (χ3n) is 2.90. The van der Waals surface area contributed by atoms with Crippen molar-refractivity contribution in [1.29, 1.82) is 0 Å². The zero-order valence-corrected chi connectivity index (χ0v) is 7.38. The van der Waals surface area contributed by atoms with Crippen LogP contribution in [0, 0.1) is 0 Å². The standard InChI is InChI=1S/C11H12N2/c12-8-5-6-10-11(8)7-3-1-2-4-9(7)13-10/h1-4,8,13H,5-6,12H2. The molecule has 0 spiro atoms. The van der Waals surface area contributed by atoms with E-state index in [2.05, 4.69) is 29.2 Å². The molecule has 1 aliphatic carbocycles. The highest BCUT2D eigenvalue weighted by molar-refractivity contribution is 5.85. The minimum absolute atomic E-state index is 0.242. The number of rotatable bonds is 0. The van der Waals surface area contributed by atoms with E-state index in [-0.39, 0.29) is 6.04 Å². The molecule has 1 heterocycles. The van der Waals surface area contributed by atoms with Crippen molar-refractivity contribution in [2.45, 2.75) is 18.9 Å². The molecule has 2 nitrogen and oxygen atoms in total. The van der Waals surface area contributed by atoms with E-state index in [4.69, 9.17) is 5.73 Å². The van der Waals surface area contributed by atoms with Gasteiger partial charge >= 0.3 is 0 Å². The van der Waals surface area contributed by atoms with Gasteiger partial charge in [-0.2, -0.15) is 0 Å². The molecule has 0 saturated heterocycles. The van der Waals surface area contributed by atoms with Crippen LogP contribution in [0.4, 0.5) is 0 Å². The maximum Gasteiger partial charge on any atom is 0.0459 e. The summed E-state index contributed by atoms with van der Waals surface area (Å²) in [5.74, 6) is 0. The van der Waals surface area contributed by atoms with Gasteiger partial charge < -0.3 is 10.7 Å². The molecule has 1 unspecified atom stereocenters. The second-order valence-electron chi connectivity index (χ2n) is 3.71. The molecule has 3 N–H and O–H groups in total. The Labute approximate surface area is 76.8 Å². The minimum Gasteiger partial charge on any atom is -0.358 e. The smallest absolute Gasteiger partial charge is 0.0459 e. The second-order valence-corrected chi connectivity index (χ2v) is 3.71. The van der Waals surface area contributed by atoms with Gasteiger partial charge in [-0.1, -0.05) is 18.2 Å². The van der Waals surface area contributed by atoms with Gasteiger partial charge in [0.05, 0.1) is 0 Å². The van der Waals surface area contributed by atoms with Gasteiger partial charge in [-0.25, -0.2) is 0 Å². The minimum atomic E-state index is 0.242. The summed E-state index contributed by atoms with van der Waals surface area (Å²) in [6.45, 7) is 0.